The molecular weight excluding hydrogens is 401 g/mol. The lowest BCUT2D eigenvalue weighted by molar-refractivity contribution is 0.482. The van der Waals surface area contributed by atoms with Gasteiger partial charge in [0.1, 0.15) is 11.5 Å². The van der Waals surface area contributed by atoms with Gasteiger partial charge >= 0.3 is 0 Å². The molecule has 0 bridgehead atoms. The zero-order valence-corrected chi connectivity index (χ0v) is 13.2. The topological polar surface area (TPSA) is 69.4 Å². The summed E-state index contributed by atoms with van der Waals surface area (Å²) in [5.41, 5.74) is 0. The van der Waals surface area contributed by atoms with Crippen LogP contribution in [0.25, 0.3) is 0 Å². The van der Waals surface area contributed by atoms with Crippen LogP contribution in [-0.2, 0) is 10.0 Å². The predicted molar refractivity (Wildman–Crippen MR) is 82.1 cm³/mol. The fourth-order valence-electron chi connectivity index (χ4n) is 1.37. The van der Waals surface area contributed by atoms with E-state index in [-0.39, 0.29) is 9.92 Å². The van der Waals surface area contributed by atoms with Crippen molar-refractivity contribution in [3.05, 3.63) is 51.1 Å². The van der Waals surface area contributed by atoms with Crippen LogP contribution in [0.5, 0.6) is 11.5 Å². The van der Waals surface area contributed by atoms with Crippen molar-refractivity contribution in [3.8, 4) is 11.5 Å². The molecule has 2 aromatic rings. The molecule has 2 aromatic carbocycles. The minimum atomic E-state index is -3.76. The van der Waals surface area contributed by atoms with Crippen LogP contribution in [0.3, 0.4) is 0 Å². The normalized spacial score (nSPS) is 11.3. The lowest BCUT2D eigenvalue weighted by Crippen LogP contribution is -2.11. The highest BCUT2D eigenvalue weighted by Crippen LogP contribution is 2.31. The van der Waals surface area contributed by atoms with Gasteiger partial charge in [-0.2, -0.15) is 0 Å². The van der Waals surface area contributed by atoms with Crippen molar-refractivity contribution in [1.82, 2.24) is 0 Å². The first kappa shape index (κ1) is 14.6. The molecule has 2 N–H and O–H groups in total. The molecule has 0 radical (unpaired) electrons. The second-order valence-electron chi connectivity index (χ2n) is 3.69. The largest absolute Gasteiger partial charge is 0.456 e. The Kier molecular flexibility index (Phi) is 4.34. The molecule has 4 nitrogen and oxygen atoms in total. The van der Waals surface area contributed by atoms with E-state index in [9.17, 15) is 8.42 Å². The van der Waals surface area contributed by atoms with Crippen molar-refractivity contribution in [1.29, 1.82) is 0 Å². The van der Waals surface area contributed by atoms with E-state index in [1.165, 1.54) is 18.2 Å². The number of sulfonamides is 1. The summed E-state index contributed by atoms with van der Waals surface area (Å²) in [6.45, 7) is 0. The van der Waals surface area contributed by atoms with Gasteiger partial charge in [-0.3, -0.25) is 0 Å². The Bertz CT molecular complexity index is 701. The maximum absolute atomic E-state index is 11.2. The van der Waals surface area contributed by atoms with Crippen LogP contribution in [-0.4, -0.2) is 8.42 Å². The number of nitrogens with two attached hydrogens (primary N) is 1. The van der Waals surface area contributed by atoms with E-state index in [1.54, 1.807) is 12.1 Å². The van der Waals surface area contributed by atoms with Gasteiger partial charge in [0, 0.05) is 3.57 Å². The van der Waals surface area contributed by atoms with Crippen molar-refractivity contribution in [2.75, 3.05) is 0 Å². The lowest BCUT2D eigenvalue weighted by Gasteiger charge is -2.08. The van der Waals surface area contributed by atoms with Gasteiger partial charge in [-0.25, -0.2) is 13.6 Å². The Morgan fingerprint density at radius 2 is 1.74 bits per heavy atom. The Morgan fingerprint density at radius 3 is 2.26 bits per heavy atom. The van der Waals surface area contributed by atoms with Gasteiger partial charge in [-0.05, 0) is 65.1 Å². The van der Waals surface area contributed by atoms with E-state index < -0.39 is 10.0 Å². The summed E-state index contributed by atoms with van der Waals surface area (Å²) in [5.74, 6) is 0.987. The summed E-state index contributed by atoms with van der Waals surface area (Å²) in [4.78, 5) is -0.0486. The number of rotatable bonds is 3. The highest BCUT2D eigenvalue weighted by atomic mass is 127. The molecule has 0 amide bonds. The Morgan fingerprint density at radius 1 is 1.11 bits per heavy atom. The first-order valence-electron chi connectivity index (χ1n) is 5.12. The number of primary sulfonamides is 1. The first-order valence-corrected chi connectivity index (χ1v) is 8.12. The van der Waals surface area contributed by atoms with Gasteiger partial charge in [0.15, 0.2) is 0 Å². The Labute approximate surface area is 129 Å². The number of hydrogen-bond acceptors (Lipinski definition) is 3. The summed E-state index contributed by atoms with van der Waals surface area (Å²) >= 11 is 8.16. The number of benzene rings is 2. The van der Waals surface area contributed by atoms with Gasteiger partial charge in [0.2, 0.25) is 10.0 Å². The molecule has 0 aliphatic carbocycles. The summed E-state index contributed by atoms with van der Waals surface area (Å²) in [6.07, 6.45) is 0. The SMILES string of the molecule is NS(=O)(=O)c1ccc(Oc2ccc(I)cc2)c(Cl)c1. The zero-order chi connectivity index (χ0) is 14.0. The number of ether oxygens (including phenoxy) is 1. The number of hydrogen-bond donors (Lipinski definition) is 1. The average molecular weight is 410 g/mol. The summed E-state index contributed by atoms with van der Waals surface area (Å²) in [5, 5.41) is 5.20. The first-order chi connectivity index (χ1) is 8.86. The fraction of sp³-hybridized carbons (Fsp3) is 0. The van der Waals surface area contributed by atoms with E-state index in [4.69, 9.17) is 21.5 Å². The van der Waals surface area contributed by atoms with Gasteiger partial charge in [-0.15, -0.1) is 0 Å². The average Bonchev–Trinajstić information content (AvgIpc) is 2.33. The predicted octanol–water partition coefficient (Wildman–Crippen LogP) is 3.38. The quantitative estimate of drug-likeness (QED) is 0.790. The fourth-order valence-corrected chi connectivity index (χ4v) is 2.55. The molecule has 0 atom stereocenters. The van der Waals surface area contributed by atoms with Crippen LogP contribution in [0.4, 0.5) is 0 Å². The third-order valence-electron chi connectivity index (χ3n) is 2.27. The second kappa shape index (κ2) is 5.66. The monoisotopic (exact) mass is 409 g/mol. The van der Waals surface area contributed by atoms with Crippen molar-refractivity contribution >= 4 is 44.2 Å². The van der Waals surface area contributed by atoms with Crippen molar-refractivity contribution in [2.24, 2.45) is 5.14 Å². The molecule has 7 heteroatoms. The van der Waals surface area contributed by atoms with E-state index in [0.29, 0.717) is 11.5 Å². The molecule has 0 saturated carbocycles. The molecule has 0 aliphatic heterocycles. The van der Waals surface area contributed by atoms with Gasteiger partial charge < -0.3 is 4.74 Å². The molecule has 19 heavy (non-hydrogen) atoms. The summed E-state index contributed by atoms with van der Waals surface area (Å²) < 4.78 is 29.0. The van der Waals surface area contributed by atoms with Gasteiger partial charge in [0.05, 0.1) is 9.92 Å². The molecule has 100 valence electrons. The Balaban J connectivity index is 2.29. The van der Waals surface area contributed by atoms with Crippen molar-refractivity contribution in [3.63, 3.8) is 0 Å². The van der Waals surface area contributed by atoms with Crippen LogP contribution in [0.15, 0.2) is 47.4 Å². The van der Waals surface area contributed by atoms with E-state index in [2.05, 4.69) is 22.6 Å². The molecule has 0 unspecified atom stereocenters. The third kappa shape index (κ3) is 3.82. The molecule has 0 aromatic heterocycles. The van der Waals surface area contributed by atoms with Crippen LogP contribution in [0.1, 0.15) is 0 Å². The van der Waals surface area contributed by atoms with E-state index >= 15 is 0 Å². The molecular formula is C12H9ClINO3S. The van der Waals surface area contributed by atoms with Crippen LogP contribution in [0, 0.1) is 3.57 Å². The van der Waals surface area contributed by atoms with Gasteiger partial charge in [0.25, 0.3) is 0 Å². The van der Waals surface area contributed by atoms with Crippen molar-refractivity contribution < 1.29 is 13.2 Å². The highest BCUT2D eigenvalue weighted by Gasteiger charge is 2.11. The molecule has 0 aliphatic rings. The maximum Gasteiger partial charge on any atom is 0.238 e. The molecule has 0 saturated heterocycles. The van der Waals surface area contributed by atoms with Gasteiger partial charge in [-0.1, -0.05) is 11.6 Å². The summed E-state index contributed by atoms with van der Waals surface area (Å²) in [6, 6.07) is 11.5. The van der Waals surface area contributed by atoms with Crippen molar-refractivity contribution in [2.45, 2.75) is 4.90 Å². The molecule has 0 heterocycles. The van der Waals surface area contributed by atoms with Crippen LogP contribution in [0.2, 0.25) is 5.02 Å². The molecule has 0 spiro atoms. The molecule has 2 rings (SSSR count). The second-order valence-corrected chi connectivity index (χ2v) is 6.91. The van der Waals surface area contributed by atoms with Crippen LogP contribution >= 0.6 is 34.2 Å². The van der Waals surface area contributed by atoms with Crippen LogP contribution < -0.4 is 9.88 Å². The molecule has 0 fully saturated rings. The third-order valence-corrected chi connectivity index (χ3v) is 4.20. The highest BCUT2D eigenvalue weighted by molar-refractivity contribution is 14.1. The minimum absolute atomic E-state index is 0.0486. The maximum atomic E-state index is 11.2. The van der Waals surface area contributed by atoms with E-state index in [1.807, 2.05) is 12.1 Å². The minimum Gasteiger partial charge on any atom is -0.456 e. The smallest absolute Gasteiger partial charge is 0.238 e. The number of halogens is 2. The standard InChI is InChI=1S/C12H9ClINO3S/c13-11-7-10(19(15,16)17)5-6-12(11)18-9-3-1-8(14)2-4-9/h1-7H,(H2,15,16,17). The summed E-state index contributed by atoms with van der Waals surface area (Å²) in [7, 11) is -3.76. The lowest BCUT2D eigenvalue weighted by atomic mass is 10.3. The Hall–Kier alpha value is -0.830. The van der Waals surface area contributed by atoms with E-state index in [0.717, 1.165) is 3.57 Å². The zero-order valence-electron chi connectivity index (χ0n) is 9.51.